The number of rotatable bonds is 5. The maximum atomic E-state index is 4.62. The molecule has 0 radical (unpaired) electrons. The first-order valence-corrected chi connectivity index (χ1v) is 8.14. The molecule has 23 heavy (non-hydrogen) atoms. The lowest BCUT2D eigenvalue weighted by Crippen LogP contribution is -1.97. The quantitative estimate of drug-likeness (QED) is 0.535. The number of benzene rings is 2. The van der Waals surface area contributed by atoms with E-state index in [0.29, 0.717) is 5.92 Å². The van der Waals surface area contributed by atoms with Gasteiger partial charge in [0, 0.05) is 11.9 Å². The molecule has 1 heterocycles. The van der Waals surface area contributed by atoms with Gasteiger partial charge < -0.3 is 4.57 Å². The molecule has 3 rings (SSSR count). The van der Waals surface area contributed by atoms with Crippen molar-refractivity contribution < 1.29 is 0 Å². The molecule has 0 saturated carbocycles. The minimum atomic E-state index is 0.600. The average Bonchev–Trinajstić information content (AvgIpc) is 3.09. The first-order chi connectivity index (χ1) is 11.3. The van der Waals surface area contributed by atoms with E-state index in [1.807, 2.05) is 30.5 Å². The summed E-state index contributed by atoms with van der Waals surface area (Å²) < 4.78 is 2.14. The second-order valence-corrected chi connectivity index (χ2v) is 5.80. The lowest BCUT2D eigenvalue weighted by Gasteiger charge is -2.08. The zero-order valence-corrected chi connectivity index (χ0v) is 13.7. The molecule has 2 nitrogen and oxygen atoms in total. The summed E-state index contributed by atoms with van der Waals surface area (Å²) in [6, 6.07) is 23.0. The number of para-hydroxylation sites is 1. The summed E-state index contributed by atoms with van der Waals surface area (Å²) in [5, 5.41) is 0. The Bertz CT molecular complexity index is 767. The summed E-state index contributed by atoms with van der Waals surface area (Å²) >= 11 is 0. The number of aromatic nitrogens is 1. The number of aliphatic imine (C=N–C) groups is 1. The zero-order valence-electron chi connectivity index (χ0n) is 13.7. The van der Waals surface area contributed by atoms with E-state index >= 15 is 0 Å². The van der Waals surface area contributed by atoms with Gasteiger partial charge >= 0.3 is 0 Å². The molecule has 0 fully saturated rings. The zero-order chi connectivity index (χ0) is 16.1. The van der Waals surface area contributed by atoms with Gasteiger partial charge in [-0.25, -0.2) is 0 Å². The lowest BCUT2D eigenvalue weighted by atomic mass is 9.99. The Balaban J connectivity index is 1.80. The monoisotopic (exact) mass is 302 g/mol. The summed E-state index contributed by atoms with van der Waals surface area (Å²) in [4.78, 5) is 4.62. The fraction of sp³-hybridized carbons (Fsp3) is 0.190. The van der Waals surface area contributed by atoms with E-state index in [-0.39, 0.29) is 0 Å². The molecule has 116 valence electrons. The van der Waals surface area contributed by atoms with Gasteiger partial charge in [-0.3, -0.25) is 4.99 Å². The van der Waals surface area contributed by atoms with Crippen LogP contribution in [0.25, 0.3) is 5.69 Å². The van der Waals surface area contributed by atoms with Crippen LogP contribution in [0.2, 0.25) is 0 Å². The van der Waals surface area contributed by atoms with Crippen LogP contribution in [0.4, 0.5) is 5.69 Å². The molecule has 0 bridgehead atoms. The molecule has 1 aromatic heterocycles. The Morgan fingerprint density at radius 2 is 1.70 bits per heavy atom. The first-order valence-electron chi connectivity index (χ1n) is 8.14. The van der Waals surface area contributed by atoms with Crippen LogP contribution in [0.15, 0.2) is 77.9 Å². The van der Waals surface area contributed by atoms with Crippen molar-refractivity contribution in [2.75, 3.05) is 0 Å². The normalized spacial score (nSPS) is 12.6. The first kappa shape index (κ1) is 15.3. The highest BCUT2D eigenvalue weighted by molar-refractivity contribution is 5.81. The molecule has 0 aliphatic heterocycles. The highest BCUT2D eigenvalue weighted by Gasteiger charge is 2.02. The maximum absolute atomic E-state index is 4.62. The molecule has 0 spiro atoms. The third-order valence-corrected chi connectivity index (χ3v) is 4.24. The van der Waals surface area contributed by atoms with Gasteiger partial charge in [0.25, 0.3) is 0 Å². The molecule has 2 aromatic carbocycles. The minimum absolute atomic E-state index is 0.600. The highest BCUT2D eigenvalue weighted by atomic mass is 15.0. The van der Waals surface area contributed by atoms with Gasteiger partial charge in [-0.1, -0.05) is 44.2 Å². The van der Waals surface area contributed by atoms with Crippen molar-refractivity contribution >= 4 is 11.9 Å². The van der Waals surface area contributed by atoms with Gasteiger partial charge in [0.1, 0.15) is 0 Å². The average molecular weight is 302 g/mol. The molecule has 1 atom stereocenters. The largest absolute Gasteiger partial charge is 0.316 e. The molecule has 0 saturated heterocycles. The fourth-order valence-corrected chi connectivity index (χ4v) is 2.59. The molecule has 3 aromatic rings. The summed E-state index contributed by atoms with van der Waals surface area (Å²) in [6.07, 6.45) is 5.14. The van der Waals surface area contributed by atoms with Crippen LogP contribution in [-0.4, -0.2) is 10.8 Å². The van der Waals surface area contributed by atoms with E-state index in [9.17, 15) is 0 Å². The predicted molar refractivity (Wildman–Crippen MR) is 98.2 cm³/mol. The van der Waals surface area contributed by atoms with Crippen molar-refractivity contribution in [1.29, 1.82) is 0 Å². The Labute approximate surface area is 138 Å². The SMILES string of the molecule is CC[C@H](C)c1ccc(N=Cc2cccn2-c2ccccc2)cc1. The van der Waals surface area contributed by atoms with Gasteiger partial charge in [0.2, 0.25) is 0 Å². The summed E-state index contributed by atoms with van der Waals surface area (Å²) in [5.41, 5.74) is 4.57. The van der Waals surface area contributed by atoms with Crippen molar-refractivity contribution in [2.24, 2.45) is 4.99 Å². The number of hydrogen-bond donors (Lipinski definition) is 0. The van der Waals surface area contributed by atoms with E-state index in [2.05, 4.69) is 72.1 Å². The van der Waals surface area contributed by atoms with Crippen LogP contribution in [0, 0.1) is 0 Å². The van der Waals surface area contributed by atoms with Crippen molar-refractivity contribution in [3.63, 3.8) is 0 Å². The van der Waals surface area contributed by atoms with E-state index in [4.69, 9.17) is 0 Å². The van der Waals surface area contributed by atoms with Crippen molar-refractivity contribution in [3.8, 4) is 5.69 Å². The molecule has 0 N–H and O–H groups in total. The van der Waals surface area contributed by atoms with Crippen LogP contribution >= 0.6 is 0 Å². The molecule has 2 heteroatoms. The van der Waals surface area contributed by atoms with Gasteiger partial charge in [-0.2, -0.15) is 0 Å². The number of nitrogens with zero attached hydrogens (tertiary/aromatic N) is 2. The van der Waals surface area contributed by atoms with E-state index in [1.54, 1.807) is 0 Å². The van der Waals surface area contributed by atoms with Crippen LogP contribution in [-0.2, 0) is 0 Å². The smallest absolute Gasteiger partial charge is 0.0639 e. The van der Waals surface area contributed by atoms with Crippen LogP contribution in [0.3, 0.4) is 0 Å². The second-order valence-electron chi connectivity index (χ2n) is 5.80. The van der Waals surface area contributed by atoms with Gasteiger partial charge in [-0.15, -0.1) is 0 Å². The molecule has 0 aliphatic carbocycles. The van der Waals surface area contributed by atoms with Gasteiger partial charge in [0.15, 0.2) is 0 Å². The van der Waals surface area contributed by atoms with E-state index in [0.717, 1.165) is 23.5 Å². The van der Waals surface area contributed by atoms with Crippen molar-refractivity contribution in [1.82, 2.24) is 4.57 Å². The topological polar surface area (TPSA) is 17.3 Å². The Kier molecular flexibility index (Phi) is 4.72. The van der Waals surface area contributed by atoms with Crippen molar-refractivity contribution in [2.45, 2.75) is 26.2 Å². The van der Waals surface area contributed by atoms with E-state index < -0.39 is 0 Å². The van der Waals surface area contributed by atoms with Gasteiger partial charge in [0.05, 0.1) is 17.6 Å². The summed E-state index contributed by atoms with van der Waals surface area (Å²) in [7, 11) is 0. The Hall–Kier alpha value is -2.61. The van der Waals surface area contributed by atoms with Crippen LogP contribution in [0.5, 0.6) is 0 Å². The fourth-order valence-electron chi connectivity index (χ4n) is 2.59. The lowest BCUT2D eigenvalue weighted by molar-refractivity contribution is 0.734. The number of hydrogen-bond acceptors (Lipinski definition) is 1. The third-order valence-electron chi connectivity index (χ3n) is 4.24. The van der Waals surface area contributed by atoms with Crippen LogP contribution < -0.4 is 0 Å². The van der Waals surface area contributed by atoms with Gasteiger partial charge in [-0.05, 0) is 54.3 Å². The minimum Gasteiger partial charge on any atom is -0.316 e. The second kappa shape index (κ2) is 7.10. The molecular formula is C21H22N2. The predicted octanol–water partition coefficient (Wildman–Crippen LogP) is 5.74. The van der Waals surface area contributed by atoms with E-state index in [1.165, 1.54) is 5.56 Å². The third kappa shape index (κ3) is 3.59. The van der Waals surface area contributed by atoms with Crippen molar-refractivity contribution in [3.05, 3.63) is 84.2 Å². The highest BCUT2D eigenvalue weighted by Crippen LogP contribution is 2.22. The van der Waals surface area contributed by atoms with Crippen LogP contribution in [0.1, 0.15) is 37.4 Å². The standard InChI is InChI=1S/C21H22N2/c1-3-17(2)18-11-13-19(14-12-18)22-16-21-10-7-15-23(21)20-8-5-4-6-9-20/h4-17H,3H2,1-2H3/t17-/m0/s1. The summed E-state index contributed by atoms with van der Waals surface area (Å²) in [5.74, 6) is 0.600. The molecule has 0 unspecified atom stereocenters. The molecule has 0 amide bonds. The molecule has 0 aliphatic rings. The molecular weight excluding hydrogens is 280 g/mol. The Morgan fingerprint density at radius 3 is 2.39 bits per heavy atom. The summed E-state index contributed by atoms with van der Waals surface area (Å²) in [6.45, 7) is 4.47. The maximum Gasteiger partial charge on any atom is 0.0639 e. The Morgan fingerprint density at radius 1 is 0.957 bits per heavy atom.